The third-order valence-corrected chi connectivity index (χ3v) is 5.02. The Labute approximate surface area is 167 Å². The van der Waals surface area contributed by atoms with Crippen molar-refractivity contribution in [2.75, 3.05) is 48.3 Å². The fraction of sp³-hybridized carbons (Fsp3) is 0.476. The number of anilines is 4. The molecule has 2 aromatic rings. The number of piperazine rings is 1. The standard InChI is InChI=1S/C21H30N6O/c1-5-19(28)26(4)17-8-6-16(7-9-17)24-21-23-14-18(15(2)3)20(25-21)27-12-10-22-11-13-27/h6-9,14-15,22H,5,10-13H2,1-4H3,(H,23,24,25). The van der Waals surface area contributed by atoms with Gasteiger partial charge in [-0.25, -0.2) is 4.98 Å². The van der Waals surface area contributed by atoms with Crippen LogP contribution in [0.5, 0.6) is 0 Å². The molecule has 1 aliphatic heterocycles. The zero-order chi connectivity index (χ0) is 20.1. The van der Waals surface area contributed by atoms with Crippen LogP contribution < -0.4 is 20.4 Å². The third-order valence-electron chi connectivity index (χ3n) is 5.02. The minimum atomic E-state index is 0.0916. The van der Waals surface area contributed by atoms with Crippen LogP contribution in [0.25, 0.3) is 0 Å². The summed E-state index contributed by atoms with van der Waals surface area (Å²) in [6.45, 7) is 10.0. The van der Waals surface area contributed by atoms with Crippen molar-refractivity contribution in [3.05, 3.63) is 36.0 Å². The molecule has 7 heteroatoms. The Morgan fingerprint density at radius 3 is 2.54 bits per heavy atom. The SMILES string of the molecule is CCC(=O)N(C)c1ccc(Nc2ncc(C(C)C)c(N3CCNCC3)n2)cc1. The van der Waals surface area contributed by atoms with Gasteiger partial charge in [0.05, 0.1) is 0 Å². The molecule has 0 saturated carbocycles. The molecule has 0 aliphatic carbocycles. The van der Waals surface area contributed by atoms with Crippen LogP contribution in [0.15, 0.2) is 30.5 Å². The molecule has 3 rings (SSSR count). The van der Waals surface area contributed by atoms with Crippen LogP contribution in [0, 0.1) is 0 Å². The normalized spacial score (nSPS) is 14.2. The summed E-state index contributed by atoms with van der Waals surface area (Å²) < 4.78 is 0. The van der Waals surface area contributed by atoms with Crippen molar-refractivity contribution >= 4 is 29.0 Å². The van der Waals surface area contributed by atoms with E-state index in [1.54, 1.807) is 11.9 Å². The van der Waals surface area contributed by atoms with E-state index in [-0.39, 0.29) is 5.91 Å². The maximum Gasteiger partial charge on any atom is 0.229 e. The molecular formula is C21H30N6O. The van der Waals surface area contributed by atoms with Crippen molar-refractivity contribution < 1.29 is 4.79 Å². The average Bonchev–Trinajstić information content (AvgIpc) is 2.73. The van der Waals surface area contributed by atoms with Crippen LogP contribution in [0.4, 0.5) is 23.1 Å². The van der Waals surface area contributed by atoms with Gasteiger partial charge in [-0.05, 0) is 30.2 Å². The maximum absolute atomic E-state index is 11.8. The minimum Gasteiger partial charge on any atom is -0.354 e. The Balaban J connectivity index is 1.79. The van der Waals surface area contributed by atoms with Crippen LogP contribution in [-0.2, 0) is 4.79 Å². The highest BCUT2D eigenvalue weighted by Crippen LogP contribution is 2.27. The number of hydrogen-bond acceptors (Lipinski definition) is 6. The number of benzene rings is 1. The second-order valence-electron chi connectivity index (χ2n) is 7.34. The summed E-state index contributed by atoms with van der Waals surface area (Å²) in [7, 11) is 1.79. The lowest BCUT2D eigenvalue weighted by Gasteiger charge is -2.30. The lowest BCUT2D eigenvalue weighted by Crippen LogP contribution is -2.44. The molecule has 28 heavy (non-hydrogen) atoms. The summed E-state index contributed by atoms with van der Waals surface area (Å²) in [6, 6.07) is 7.74. The highest BCUT2D eigenvalue weighted by Gasteiger charge is 2.19. The summed E-state index contributed by atoms with van der Waals surface area (Å²) in [5.74, 6) is 2.06. The molecule has 2 heterocycles. The van der Waals surface area contributed by atoms with E-state index in [4.69, 9.17) is 4.98 Å². The first-order chi connectivity index (χ1) is 13.5. The molecule has 1 amide bonds. The predicted octanol–water partition coefficient (Wildman–Crippen LogP) is 3.13. The molecule has 0 spiro atoms. The van der Waals surface area contributed by atoms with Crippen LogP contribution in [0.3, 0.4) is 0 Å². The molecule has 150 valence electrons. The summed E-state index contributed by atoms with van der Waals surface area (Å²) in [5.41, 5.74) is 2.93. The highest BCUT2D eigenvalue weighted by molar-refractivity contribution is 5.92. The van der Waals surface area contributed by atoms with Gasteiger partial charge in [-0.15, -0.1) is 0 Å². The van der Waals surface area contributed by atoms with Gasteiger partial charge < -0.3 is 20.4 Å². The Hall–Kier alpha value is -2.67. The topological polar surface area (TPSA) is 73.4 Å². The number of nitrogens with zero attached hydrogens (tertiary/aromatic N) is 4. The molecule has 0 radical (unpaired) electrons. The molecule has 1 aliphatic rings. The number of rotatable bonds is 6. The molecule has 0 unspecified atom stereocenters. The van der Waals surface area contributed by atoms with E-state index in [0.717, 1.165) is 43.4 Å². The van der Waals surface area contributed by atoms with Crippen LogP contribution in [-0.4, -0.2) is 49.1 Å². The first-order valence-corrected chi connectivity index (χ1v) is 9.95. The van der Waals surface area contributed by atoms with E-state index in [1.165, 1.54) is 5.56 Å². The van der Waals surface area contributed by atoms with E-state index < -0.39 is 0 Å². The van der Waals surface area contributed by atoms with E-state index in [0.29, 0.717) is 18.3 Å². The van der Waals surface area contributed by atoms with Gasteiger partial charge in [0.25, 0.3) is 0 Å². The van der Waals surface area contributed by atoms with E-state index in [9.17, 15) is 4.79 Å². The summed E-state index contributed by atoms with van der Waals surface area (Å²) >= 11 is 0. The number of carbonyl (C=O) groups excluding carboxylic acids is 1. The maximum atomic E-state index is 11.8. The minimum absolute atomic E-state index is 0.0916. The lowest BCUT2D eigenvalue weighted by atomic mass is 10.1. The van der Waals surface area contributed by atoms with E-state index >= 15 is 0 Å². The van der Waals surface area contributed by atoms with Crippen molar-refractivity contribution in [1.82, 2.24) is 15.3 Å². The van der Waals surface area contributed by atoms with E-state index in [2.05, 4.69) is 34.4 Å². The number of hydrogen-bond donors (Lipinski definition) is 2. The molecule has 1 saturated heterocycles. The van der Waals surface area contributed by atoms with Gasteiger partial charge in [-0.1, -0.05) is 20.8 Å². The van der Waals surface area contributed by atoms with Crippen molar-refractivity contribution in [3.8, 4) is 0 Å². The van der Waals surface area contributed by atoms with Gasteiger partial charge >= 0.3 is 0 Å². The van der Waals surface area contributed by atoms with Crippen molar-refractivity contribution in [2.24, 2.45) is 0 Å². The van der Waals surface area contributed by atoms with Crippen LogP contribution in [0.2, 0.25) is 0 Å². The summed E-state index contributed by atoms with van der Waals surface area (Å²) in [5, 5.41) is 6.68. The van der Waals surface area contributed by atoms with Gasteiger partial charge in [0.2, 0.25) is 11.9 Å². The smallest absolute Gasteiger partial charge is 0.229 e. The van der Waals surface area contributed by atoms with Gasteiger partial charge in [0.15, 0.2) is 0 Å². The van der Waals surface area contributed by atoms with E-state index in [1.807, 2.05) is 37.4 Å². The van der Waals surface area contributed by atoms with Gasteiger partial charge in [-0.3, -0.25) is 4.79 Å². The number of aromatic nitrogens is 2. The predicted molar refractivity (Wildman–Crippen MR) is 115 cm³/mol. The molecule has 1 aromatic heterocycles. The Morgan fingerprint density at radius 2 is 1.93 bits per heavy atom. The third kappa shape index (κ3) is 4.59. The summed E-state index contributed by atoms with van der Waals surface area (Å²) in [6.07, 6.45) is 2.42. The van der Waals surface area contributed by atoms with Gasteiger partial charge in [0.1, 0.15) is 5.82 Å². The zero-order valence-corrected chi connectivity index (χ0v) is 17.2. The first-order valence-electron chi connectivity index (χ1n) is 9.95. The fourth-order valence-corrected chi connectivity index (χ4v) is 3.26. The monoisotopic (exact) mass is 382 g/mol. The van der Waals surface area contributed by atoms with Gasteiger partial charge in [-0.2, -0.15) is 4.98 Å². The first kappa shape index (κ1) is 20.1. The summed E-state index contributed by atoms with van der Waals surface area (Å²) in [4.78, 5) is 25.2. The zero-order valence-electron chi connectivity index (χ0n) is 17.2. The molecule has 0 atom stereocenters. The highest BCUT2D eigenvalue weighted by atomic mass is 16.2. The number of nitrogens with one attached hydrogen (secondary N) is 2. The molecular weight excluding hydrogens is 352 g/mol. The average molecular weight is 383 g/mol. The molecule has 2 N–H and O–H groups in total. The van der Waals surface area contributed by atoms with Crippen LogP contribution >= 0.6 is 0 Å². The Morgan fingerprint density at radius 1 is 1.25 bits per heavy atom. The number of amides is 1. The largest absolute Gasteiger partial charge is 0.354 e. The molecule has 0 bridgehead atoms. The molecule has 1 aromatic carbocycles. The Kier molecular flexibility index (Phi) is 6.46. The van der Waals surface area contributed by atoms with Gasteiger partial charge in [0, 0.05) is 62.8 Å². The van der Waals surface area contributed by atoms with Crippen molar-refractivity contribution in [3.63, 3.8) is 0 Å². The fourth-order valence-electron chi connectivity index (χ4n) is 3.26. The molecule has 1 fully saturated rings. The molecule has 7 nitrogen and oxygen atoms in total. The van der Waals surface area contributed by atoms with Crippen molar-refractivity contribution in [1.29, 1.82) is 0 Å². The number of carbonyl (C=O) groups is 1. The van der Waals surface area contributed by atoms with Crippen molar-refractivity contribution in [2.45, 2.75) is 33.1 Å². The lowest BCUT2D eigenvalue weighted by molar-refractivity contribution is -0.118. The second kappa shape index (κ2) is 9.01. The quantitative estimate of drug-likeness (QED) is 0.800. The van der Waals surface area contributed by atoms with Crippen LogP contribution in [0.1, 0.15) is 38.7 Å². The second-order valence-corrected chi connectivity index (χ2v) is 7.34. The Bertz CT molecular complexity index is 799.